The Morgan fingerprint density at radius 2 is 1.71 bits per heavy atom. The van der Waals surface area contributed by atoms with E-state index in [1.807, 2.05) is 36.4 Å². The molecule has 5 rings (SSSR count). The molecule has 7 heteroatoms. The predicted octanol–water partition coefficient (Wildman–Crippen LogP) is 4.82. The first-order valence-electron chi connectivity index (χ1n) is 12.7. The molecular weight excluding hydrogens is 494 g/mol. The smallest absolute Gasteiger partial charge is 0.338 e. The molecule has 0 saturated carbocycles. The van der Waals surface area contributed by atoms with E-state index < -0.39 is 12.0 Å². The molecule has 0 saturated heterocycles. The number of hydrogen-bond acceptors (Lipinski definition) is 5. The van der Waals surface area contributed by atoms with Crippen LogP contribution >= 0.6 is 11.3 Å². The molecular formula is C31H31N3O3S. The standard InChI is InChI=1S/C31H31N3O3S/c1-7-37-30(36)27-21(5)32-31-34(28(27)23-11-9-8-10-12-23)29(35)26(38-31)17-24-16-20(4)33(22(24)6)25-14-18(2)13-19(3)15-25/h8-17,28H,7H2,1-6H3/b26-17+/t28-/m0/s1. The van der Waals surface area contributed by atoms with Gasteiger partial charge in [0.25, 0.3) is 5.56 Å². The van der Waals surface area contributed by atoms with Crippen molar-refractivity contribution in [3.8, 4) is 5.69 Å². The average molecular weight is 526 g/mol. The van der Waals surface area contributed by atoms with Crippen molar-refractivity contribution in [2.24, 2.45) is 4.99 Å². The molecule has 38 heavy (non-hydrogen) atoms. The predicted molar refractivity (Wildman–Crippen MR) is 152 cm³/mol. The van der Waals surface area contributed by atoms with Crippen LogP contribution in [0, 0.1) is 27.7 Å². The van der Waals surface area contributed by atoms with E-state index >= 15 is 0 Å². The fourth-order valence-electron chi connectivity index (χ4n) is 5.29. The van der Waals surface area contributed by atoms with Gasteiger partial charge in [0.15, 0.2) is 4.80 Å². The number of benzene rings is 2. The van der Waals surface area contributed by atoms with Gasteiger partial charge in [-0.1, -0.05) is 47.7 Å². The van der Waals surface area contributed by atoms with Crippen LogP contribution in [-0.4, -0.2) is 21.7 Å². The molecule has 1 atom stereocenters. The van der Waals surface area contributed by atoms with Gasteiger partial charge in [0.05, 0.1) is 28.5 Å². The Hall–Kier alpha value is -3.97. The molecule has 194 valence electrons. The van der Waals surface area contributed by atoms with Crippen molar-refractivity contribution in [1.29, 1.82) is 0 Å². The third-order valence-corrected chi connectivity index (χ3v) is 7.84. The number of rotatable bonds is 5. The number of allylic oxidation sites excluding steroid dienone is 1. The summed E-state index contributed by atoms with van der Waals surface area (Å²) in [5.74, 6) is -0.450. The van der Waals surface area contributed by atoms with Crippen LogP contribution in [0.15, 0.2) is 75.7 Å². The maximum atomic E-state index is 13.9. The molecule has 0 bridgehead atoms. The van der Waals surface area contributed by atoms with Crippen LogP contribution < -0.4 is 14.9 Å². The minimum atomic E-state index is -0.601. The lowest BCUT2D eigenvalue weighted by atomic mass is 9.96. The number of thiazole rings is 1. The molecule has 3 heterocycles. The second-order valence-electron chi connectivity index (χ2n) is 9.72. The Morgan fingerprint density at radius 3 is 2.37 bits per heavy atom. The van der Waals surface area contributed by atoms with Gasteiger partial charge < -0.3 is 9.30 Å². The molecule has 0 N–H and O–H groups in total. The number of esters is 1. The van der Waals surface area contributed by atoms with E-state index in [-0.39, 0.29) is 12.2 Å². The molecule has 0 fully saturated rings. The van der Waals surface area contributed by atoms with E-state index in [9.17, 15) is 9.59 Å². The highest BCUT2D eigenvalue weighted by Crippen LogP contribution is 2.30. The lowest BCUT2D eigenvalue weighted by molar-refractivity contribution is -0.139. The largest absolute Gasteiger partial charge is 0.463 e. The summed E-state index contributed by atoms with van der Waals surface area (Å²) < 4.78 is 9.80. The normalized spacial score (nSPS) is 15.4. The lowest BCUT2D eigenvalue weighted by Crippen LogP contribution is -2.39. The number of ether oxygens (including phenoxy) is 1. The van der Waals surface area contributed by atoms with Gasteiger partial charge in [-0.15, -0.1) is 0 Å². The van der Waals surface area contributed by atoms with E-state index in [2.05, 4.69) is 61.5 Å². The number of hydrogen-bond donors (Lipinski definition) is 0. The van der Waals surface area contributed by atoms with Crippen molar-refractivity contribution in [3.05, 3.63) is 119 Å². The maximum Gasteiger partial charge on any atom is 0.338 e. The molecule has 6 nitrogen and oxygen atoms in total. The van der Waals surface area contributed by atoms with E-state index in [1.54, 1.807) is 18.4 Å². The molecule has 0 spiro atoms. The number of carbonyl (C=O) groups is 1. The summed E-state index contributed by atoms with van der Waals surface area (Å²) in [7, 11) is 0. The monoisotopic (exact) mass is 525 g/mol. The zero-order chi connectivity index (χ0) is 27.1. The topological polar surface area (TPSA) is 65.6 Å². The summed E-state index contributed by atoms with van der Waals surface area (Å²) in [5, 5.41) is 0. The summed E-state index contributed by atoms with van der Waals surface area (Å²) in [6.07, 6.45) is 1.94. The van der Waals surface area contributed by atoms with Crippen molar-refractivity contribution in [2.75, 3.05) is 6.61 Å². The molecule has 1 aliphatic heterocycles. The van der Waals surface area contributed by atoms with Crippen LogP contribution in [0.1, 0.15) is 53.5 Å². The second kappa shape index (κ2) is 10.1. The maximum absolute atomic E-state index is 13.9. The molecule has 0 amide bonds. The van der Waals surface area contributed by atoms with Crippen LogP contribution in [0.2, 0.25) is 0 Å². The summed E-state index contributed by atoms with van der Waals surface area (Å²) in [6.45, 7) is 12.2. The van der Waals surface area contributed by atoms with E-state index in [0.717, 1.165) is 28.2 Å². The van der Waals surface area contributed by atoms with Crippen molar-refractivity contribution >= 4 is 23.4 Å². The highest BCUT2D eigenvalue weighted by Gasteiger charge is 2.33. The van der Waals surface area contributed by atoms with Crippen molar-refractivity contribution in [2.45, 2.75) is 47.6 Å². The number of fused-ring (bicyclic) bond motifs is 1. The first-order valence-corrected chi connectivity index (χ1v) is 13.5. The van der Waals surface area contributed by atoms with Gasteiger partial charge in [-0.05, 0) is 88.1 Å². The molecule has 0 aliphatic carbocycles. The van der Waals surface area contributed by atoms with E-state index in [0.29, 0.717) is 20.6 Å². The first-order chi connectivity index (χ1) is 18.2. The fraction of sp³-hybridized carbons (Fsp3) is 0.258. The van der Waals surface area contributed by atoms with Crippen molar-refractivity contribution < 1.29 is 9.53 Å². The van der Waals surface area contributed by atoms with Crippen LogP contribution in [0.3, 0.4) is 0 Å². The van der Waals surface area contributed by atoms with Crippen LogP contribution in [0.25, 0.3) is 11.8 Å². The second-order valence-corrected chi connectivity index (χ2v) is 10.7. The summed E-state index contributed by atoms with van der Waals surface area (Å²) in [4.78, 5) is 32.2. The molecule has 2 aromatic carbocycles. The highest BCUT2D eigenvalue weighted by atomic mass is 32.1. The Labute approximate surface area is 225 Å². The van der Waals surface area contributed by atoms with Gasteiger partial charge in [0, 0.05) is 17.1 Å². The summed E-state index contributed by atoms with van der Waals surface area (Å²) in [5.41, 5.74) is 8.27. The Morgan fingerprint density at radius 1 is 1.03 bits per heavy atom. The SMILES string of the molecule is CCOC(=O)C1=C(C)N=c2s/c(=C/c3cc(C)n(-c4cc(C)cc(C)c4)c3C)c(=O)n2[C@H]1c1ccccc1. The Balaban J connectivity index is 1.69. The van der Waals surface area contributed by atoms with Crippen LogP contribution in [0.5, 0.6) is 0 Å². The average Bonchev–Trinajstić information content (AvgIpc) is 3.32. The van der Waals surface area contributed by atoms with Crippen LogP contribution in [0.4, 0.5) is 0 Å². The van der Waals surface area contributed by atoms with Gasteiger partial charge in [-0.3, -0.25) is 9.36 Å². The van der Waals surface area contributed by atoms with E-state index in [1.165, 1.54) is 22.5 Å². The zero-order valence-electron chi connectivity index (χ0n) is 22.5. The first kappa shape index (κ1) is 25.7. The minimum Gasteiger partial charge on any atom is -0.463 e. The number of aromatic nitrogens is 2. The highest BCUT2D eigenvalue weighted by molar-refractivity contribution is 7.07. The zero-order valence-corrected chi connectivity index (χ0v) is 23.3. The molecule has 2 aromatic heterocycles. The molecule has 1 aliphatic rings. The fourth-order valence-corrected chi connectivity index (χ4v) is 6.33. The van der Waals surface area contributed by atoms with E-state index in [4.69, 9.17) is 4.74 Å². The molecule has 0 unspecified atom stereocenters. The Kier molecular flexibility index (Phi) is 6.80. The van der Waals surface area contributed by atoms with Crippen molar-refractivity contribution in [3.63, 3.8) is 0 Å². The quantitative estimate of drug-likeness (QED) is 0.351. The number of aryl methyl sites for hydroxylation is 3. The molecule has 4 aromatic rings. The number of carbonyl (C=O) groups excluding carboxylic acids is 1. The molecule has 0 radical (unpaired) electrons. The minimum absolute atomic E-state index is 0.173. The lowest BCUT2D eigenvalue weighted by Gasteiger charge is -2.24. The van der Waals surface area contributed by atoms with Crippen molar-refractivity contribution in [1.82, 2.24) is 9.13 Å². The van der Waals surface area contributed by atoms with Gasteiger partial charge in [0.2, 0.25) is 0 Å². The number of nitrogens with zero attached hydrogens (tertiary/aromatic N) is 3. The van der Waals surface area contributed by atoms with Gasteiger partial charge >= 0.3 is 5.97 Å². The van der Waals surface area contributed by atoms with Gasteiger partial charge in [-0.25, -0.2) is 9.79 Å². The third kappa shape index (κ3) is 4.47. The van der Waals surface area contributed by atoms with Gasteiger partial charge in [0.1, 0.15) is 0 Å². The van der Waals surface area contributed by atoms with Gasteiger partial charge in [-0.2, -0.15) is 0 Å². The summed E-state index contributed by atoms with van der Waals surface area (Å²) in [6, 6.07) is 17.6. The Bertz CT molecular complexity index is 1750. The summed E-state index contributed by atoms with van der Waals surface area (Å²) >= 11 is 1.34. The third-order valence-electron chi connectivity index (χ3n) is 6.85. The van der Waals surface area contributed by atoms with Crippen LogP contribution in [-0.2, 0) is 9.53 Å².